The standard InChI is InChI=1S/C27H29N2O2/c30-27(26-13-7-8-18-29(26)20-23-9-3-1-4-10-23)28-19-22-14-16-25(17-15-22)31-21-24-11-5-2-6-12-24/h1-7,9-12,14-17,26H,8,13,18-21H2,(H,28,30). The lowest BCUT2D eigenvalue weighted by molar-refractivity contribution is -0.127. The summed E-state index contributed by atoms with van der Waals surface area (Å²) in [6.07, 6.45) is 4.05. The molecule has 4 heteroatoms. The normalized spacial score (nSPS) is 16.6. The Morgan fingerprint density at radius 3 is 2.26 bits per heavy atom. The third-order valence-corrected chi connectivity index (χ3v) is 5.62. The molecule has 4 nitrogen and oxygen atoms in total. The van der Waals surface area contributed by atoms with Crippen LogP contribution in [0, 0.1) is 6.42 Å². The van der Waals surface area contributed by atoms with Gasteiger partial charge in [-0.05, 0) is 54.6 Å². The largest absolute Gasteiger partial charge is 0.489 e. The zero-order valence-corrected chi connectivity index (χ0v) is 17.7. The third-order valence-electron chi connectivity index (χ3n) is 5.62. The number of hydrogen-bond donors (Lipinski definition) is 1. The summed E-state index contributed by atoms with van der Waals surface area (Å²) in [5.41, 5.74) is 3.45. The predicted octanol–water partition coefficient (Wildman–Crippen LogP) is 4.75. The number of carbonyl (C=O) groups excluding carboxylic acids is 1. The van der Waals surface area contributed by atoms with Crippen molar-refractivity contribution in [2.75, 3.05) is 6.54 Å². The van der Waals surface area contributed by atoms with Gasteiger partial charge < -0.3 is 10.1 Å². The van der Waals surface area contributed by atoms with Gasteiger partial charge in [-0.2, -0.15) is 0 Å². The van der Waals surface area contributed by atoms with Crippen LogP contribution >= 0.6 is 0 Å². The maximum absolute atomic E-state index is 12.9. The van der Waals surface area contributed by atoms with Crippen LogP contribution in [0.3, 0.4) is 0 Å². The number of piperidine rings is 1. The highest BCUT2D eigenvalue weighted by molar-refractivity contribution is 5.82. The van der Waals surface area contributed by atoms with Gasteiger partial charge in [-0.1, -0.05) is 72.8 Å². The highest BCUT2D eigenvalue weighted by atomic mass is 16.5. The fraction of sp³-hybridized carbons (Fsp3) is 0.259. The predicted molar refractivity (Wildman–Crippen MR) is 123 cm³/mol. The first-order chi connectivity index (χ1) is 15.3. The van der Waals surface area contributed by atoms with Crippen molar-refractivity contribution in [1.82, 2.24) is 10.2 Å². The smallest absolute Gasteiger partial charge is 0.237 e. The number of amides is 1. The van der Waals surface area contributed by atoms with Gasteiger partial charge in [0.25, 0.3) is 0 Å². The number of nitrogens with zero attached hydrogens (tertiary/aromatic N) is 1. The second kappa shape index (κ2) is 10.8. The van der Waals surface area contributed by atoms with Crippen molar-refractivity contribution >= 4 is 5.91 Å². The van der Waals surface area contributed by atoms with E-state index in [1.165, 1.54) is 5.56 Å². The average molecular weight is 414 g/mol. The monoisotopic (exact) mass is 413 g/mol. The van der Waals surface area contributed by atoms with Crippen LogP contribution in [0.15, 0.2) is 84.9 Å². The lowest BCUT2D eigenvalue weighted by atomic mass is 10.00. The molecule has 1 heterocycles. The molecule has 159 valence electrons. The molecule has 1 saturated heterocycles. The summed E-state index contributed by atoms with van der Waals surface area (Å²) >= 11 is 0. The molecule has 0 bridgehead atoms. The molecule has 1 fully saturated rings. The van der Waals surface area contributed by atoms with Crippen LogP contribution in [0.4, 0.5) is 0 Å². The number of hydrogen-bond acceptors (Lipinski definition) is 3. The van der Waals surface area contributed by atoms with Gasteiger partial charge in [-0.3, -0.25) is 9.69 Å². The molecule has 1 atom stereocenters. The zero-order valence-electron chi connectivity index (χ0n) is 17.7. The lowest BCUT2D eigenvalue weighted by Gasteiger charge is -2.34. The van der Waals surface area contributed by atoms with Crippen LogP contribution in [-0.4, -0.2) is 23.4 Å². The lowest BCUT2D eigenvalue weighted by Crippen LogP contribution is -2.49. The van der Waals surface area contributed by atoms with Gasteiger partial charge >= 0.3 is 0 Å². The Morgan fingerprint density at radius 1 is 0.871 bits per heavy atom. The molecular formula is C27H29N2O2. The fourth-order valence-corrected chi connectivity index (χ4v) is 3.87. The van der Waals surface area contributed by atoms with Crippen LogP contribution in [0.25, 0.3) is 0 Å². The molecule has 1 unspecified atom stereocenters. The highest BCUT2D eigenvalue weighted by Crippen LogP contribution is 2.20. The van der Waals surface area contributed by atoms with Crippen molar-refractivity contribution in [2.24, 2.45) is 0 Å². The van der Waals surface area contributed by atoms with Crippen molar-refractivity contribution < 1.29 is 9.53 Å². The van der Waals surface area contributed by atoms with Gasteiger partial charge in [0.1, 0.15) is 12.4 Å². The van der Waals surface area contributed by atoms with Gasteiger partial charge in [0.05, 0.1) is 6.04 Å². The molecule has 3 aromatic carbocycles. The molecule has 1 N–H and O–H groups in total. The van der Waals surface area contributed by atoms with Crippen LogP contribution in [-0.2, 0) is 24.5 Å². The number of nitrogens with one attached hydrogen (secondary N) is 1. The maximum atomic E-state index is 12.9. The van der Waals surface area contributed by atoms with Crippen molar-refractivity contribution in [3.05, 3.63) is 108 Å². The molecular weight excluding hydrogens is 384 g/mol. The van der Waals surface area contributed by atoms with Crippen molar-refractivity contribution in [1.29, 1.82) is 0 Å². The summed E-state index contributed by atoms with van der Waals surface area (Å²) in [6, 6.07) is 28.3. The molecule has 1 aliphatic rings. The Kier molecular flexibility index (Phi) is 7.35. The van der Waals surface area contributed by atoms with E-state index in [0.29, 0.717) is 13.2 Å². The molecule has 1 aliphatic heterocycles. The number of ether oxygens (including phenoxy) is 1. The molecule has 1 amide bonds. The zero-order chi connectivity index (χ0) is 21.3. The molecule has 31 heavy (non-hydrogen) atoms. The fourth-order valence-electron chi connectivity index (χ4n) is 3.87. The number of benzene rings is 3. The van der Waals surface area contributed by atoms with E-state index in [-0.39, 0.29) is 11.9 Å². The molecule has 0 aromatic heterocycles. The van der Waals surface area contributed by atoms with E-state index >= 15 is 0 Å². The number of likely N-dealkylation sites (tertiary alicyclic amines) is 1. The van der Waals surface area contributed by atoms with Gasteiger partial charge in [0.2, 0.25) is 5.91 Å². The SMILES string of the molecule is O=C(NCc1ccc(OCc2ccccc2)cc1)C1C[CH]CCN1Cc1ccccc1. The van der Waals surface area contributed by atoms with Gasteiger partial charge in [0, 0.05) is 13.1 Å². The van der Waals surface area contributed by atoms with Crippen LogP contribution in [0.5, 0.6) is 5.75 Å². The van der Waals surface area contributed by atoms with E-state index in [9.17, 15) is 4.79 Å². The summed E-state index contributed by atoms with van der Waals surface area (Å²) < 4.78 is 5.84. The third kappa shape index (κ3) is 6.19. The van der Waals surface area contributed by atoms with Gasteiger partial charge in [-0.15, -0.1) is 0 Å². The van der Waals surface area contributed by atoms with E-state index < -0.39 is 0 Å². The van der Waals surface area contributed by atoms with E-state index in [1.54, 1.807) is 0 Å². The second-order valence-corrected chi connectivity index (χ2v) is 7.92. The van der Waals surface area contributed by atoms with E-state index in [2.05, 4.69) is 28.8 Å². The Morgan fingerprint density at radius 2 is 1.55 bits per heavy atom. The van der Waals surface area contributed by atoms with Gasteiger partial charge in [0.15, 0.2) is 0 Å². The summed E-state index contributed by atoms with van der Waals surface area (Å²) in [5, 5.41) is 3.12. The van der Waals surface area contributed by atoms with Crippen molar-refractivity contribution in [3.8, 4) is 5.75 Å². The van der Waals surface area contributed by atoms with Crippen LogP contribution < -0.4 is 10.1 Å². The molecule has 0 aliphatic carbocycles. The first-order valence-electron chi connectivity index (χ1n) is 10.9. The Bertz CT molecular complexity index is 942. The number of carbonyl (C=O) groups is 1. The number of rotatable bonds is 8. The van der Waals surface area contributed by atoms with Crippen LogP contribution in [0.2, 0.25) is 0 Å². The van der Waals surface area contributed by atoms with Crippen LogP contribution in [0.1, 0.15) is 29.5 Å². The van der Waals surface area contributed by atoms with E-state index in [4.69, 9.17) is 4.74 Å². The molecule has 3 aromatic rings. The summed E-state index contributed by atoms with van der Waals surface area (Å²) in [4.78, 5) is 15.2. The van der Waals surface area contributed by atoms with Crippen molar-refractivity contribution in [2.45, 2.75) is 38.6 Å². The van der Waals surface area contributed by atoms with Gasteiger partial charge in [-0.25, -0.2) is 0 Å². The van der Waals surface area contributed by atoms with Crippen molar-refractivity contribution in [3.63, 3.8) is 0 Å². The Hall–Kier alpha value is -3.11. The minimum absolute atomic E-state index is 0.0938. The molecule has 1 radical (unpaired) electrons. The Balaban J connectivity index is 1.28. The van der Waals surface area contributed by atoms with E-state index in [0.717, 1.165) is 42.8 Å². The molecule has 4 rings (SSSR count). The minimum Gasteiger partial charge on any atom is -0.489 e. The second-order valence-electron chi connectivity index (χ2n) is 7.92. The quantitative estimate of drug-likeness (QED) is 0.579. The van der Waals surface area contributed by atoms with E-state index in [1.807, 2.05) is 72.8 Å². The summed E-state index contributed by atoms with van der Waals surface area (Å²) in [7, 11) is 0. The first kappa shape index (κ1) is 21.1. The molecule has 0 saturated carbocycles. The summed E-state index contributed by atoms with van der Waals surface area (Å²) in [6.45, 7) is 2.79. The Labute approximate surface area is 184 Å². The maximum Gasteiger partial charge on any atom is 0.237 e. The highest BCUT2D eigenvalue weighted by Gasteiger charge is 2.28. The first-order valence-corrected chi connectivity index (χ1v) is 10.9. The summed E-state index contributed by atoms with van der Waals surface area (Å²) in [5.74, 6) is 0.922. The molecule has 0 spiro atoms. The topological polar surface area (TPSA) is 41.6 Å². The average Bonchev–Trinajstić information content (AvgIpc) is 2.83. The minimum atomic E-state index is -0.109.